The molecule has 2 aromatic carbocycles. The van der Waals surface area contributed by atoms with Gasteiger partial charge < -0.3 is 28.3 Å². The van der Waals surface area contributed by atoms with Gasteiger partial charge in [-0.2, -0.15) is 12.2 Å². The lowest BCUT2D eigenvalue weighted by Gasteiger charge is -2.36. The number of methoxy groups -OCH3 is 1. The maximum absolute atomic E-state index is 6.39. The van der Waals surface area contributed by atoms with Gasteiger partial charge in [-0.3, -0.25) is 0 Å². The van der Waals surface area contributed by atoms with E-state index in [0.29, 0.717) is 34.1 Å². The van der Waals surface area contributed by atoms with Crippen molar-refractivity contribution < 1.29 is 28.3 Å². The van der Waals surface area contributed by atoms with E-state index in [1.54, 1.807) is 14.3 Å². The fraction of sp³-hybridized carbons (Fsp3) is 0.500. The van der Waals surface area contributed by atoms with Gasteiger partial charge in [-0.15, -0.1) is 0 Å². The van der Waals surface area contributed by atoms with Crippen molar-refractivity contribution in [2.24, 2.45) is 0 Å². The van der Waals surface area contributed by atoms with Crippen molar-refractivity contribution in [1.29, 1.82) is 0 Å². The summed E-state index contributed by atoms with van der Waals surface area (Å²) >= 11 is 4.16. The van der Waals surface area contributed by atoms with Crippen molar-refractivity contribution in [2.45, 2.75) is 69.9 Å². The van der Waals surface area contributed by atoms with Gasteiger partial charge in [0.2, 0.25) is 0 Å². The summed E-state index contributed by atoms with van der Waals surface area (Å²) in [7, 11) is 3.81. The molecule has 2 aromatic rings. The summed E-state index contributed by atoms with van der Waals surface area (Å²) in [5.74, 6) is 0.843. The van der Waals surface area contributed by atoms with Gasteiger partial charge in [-0.25, -0.2) is 0 Å². The minimum absolute atomic E-state index is 0.0836. The zero-order valence-electron chi connectivity index (χ0n) is 21.5. The number of thiol groups is 1. The molecule has 0 spiro atoms. The van der Waals surface area contributed by atoms with Gasteiger partial charge >= 0.3 is 7.20 Å². The van der Waals surface area contributed by atoms with Gasteiger partial charge in [0.15, 0.2) is 6.29 Å². The molecule has 0 amide bonds. The first-order chi connectivity index (χ1) is 18.1. The topological polar surface area (TPSA) is 55.4 Å². The van der Waals surface area contributed by atoms with E-state index in [1.807, 2.05) is 30.3 Å². The quantitative estimate of drug-likeness (QED) is 0.107. The Bertz CT molecular complexity index is 977. The van der Waals surface area contributed by atoms with Gasteiger partial charge in [0.05, 0.1) is 45.2 Å². The highest BCUT2D eigenvalue weighted by atomic mass is 32.7. The SMILES string of the molecule is C=C1C[C@H](C[C@@H]2CCO[C@H](c3cccc(COCc4ccc(OC)cc4)c3)O2)O[C@@H](CCO[B]PS)C1. The Morgan fingerprint density at radius 1 is 1.03 bits per heavy atom. The van der Waals surface area contributed by atoms with E-state index >= 15 is 0 Å². The predicted octanol–water partition coefficient (Wildman–Crippen LogP) is 6.17. The number of rotatable bonds is 13. The fourth-order valence-corrected chi connectivity index (χ4v) is 5.18. The minimum atomic E-state index is -0.381. The Kier molecular flexibility index (Phi) is 11.8. The van der Waals surface area contributed by atoms with Crippen LogP contribution in [0, 0.1) is 0 Å². The van der Waals surface area contributed by atoms with Crippen molar-refractivity contribution in [3.8, 4) is 5.75 Å². The lowest BCUT2D eigenvalue weighted by Crippen LogP contribution is -2.35. The predicted molar refractivity (Wildman–Crippen MR) is 151 cm³/mol. The molecule has 9 heteroatoms. The maximum atomic E-state index is 6.39. The van der Waals surface area contributed by atoms with Crippen LogP contribution in [0.4, 0.5) is 0 Å². The normalized spacial score (nSPS) is 24.4. The van der Waals surface area contributed by atoms with Gasteiger partial charge in [0, 0.05) is 18.6 Å². The zero-order valence-corrected chi connectivity index (χ0v) is 23.4. The molecule has 6 nitrogen and oxygen atoms in total. The maximum Gasteiger partial charge on any atom is 0.332 e. The van der Waals surface area contributed by atoms with Gasteiger partial charge in [0.25, 0.3) is 0 Å². The van der Waals surface area contributed by atoms with E-state index in [2.05, 4.69) is 37.0 Å². The van der Waals surface area contributed by atoms with Crippen LogP contribution in [0.5, 0.6) is 5.75 Å². The van der Waals surface area contributed by atoms with Crippen molar-refractivity contribution in [1.82, 2.24) is 0 Å². The number of hydrogen-bond acceptors (Lipinski definition) is 7. The Morgan fingerprint density at radius 3 is 2.65 bits per heavy atom. The number of benzene rings is 2. The summed E-state index contributed by atoms with van der Waals surface area (Å²) < 4.78 is 35.4. The van der Waals surface area contributed by atoms with Crippen LogP contribution in [0.2, 0.25) is 0 Å². The van der Waals surface area contributed by atoms with E-state index in [4.69, 9.17) is 28.3 Å². The third-order valence-corrected chi connectivity index (χ3v) is 7.17. The lowest BCUT2D eigenvalue weighted by atomic mass is 9.94. The summed E-state index contributed by atoms with van der Waals surface area (Å²) in [6, 6.07) is 16.2. The van der Waals surface area contributed by atoms with Crippen molar-refractivity contribution in [2.75, 3.05) is 20.3 Å². The molecule has 2 aliphatic heterocycles. The summed E-state index contributed by atoms with van der Waals surface area (Å²) in [6.45, 7) is 6.63. The molecule has 0 saturated carbocycles. The largest absolute Gasteiger partial charge is 0.497 e. The van der Waals surface area contributed by atoms with Crippen LogP contribution in [0.1, 0.15) is 55.1 Å². The molecular weight excluding hydrogens is 506 g/mol. The minimum Gasteiger partial charge on any atom is -0.497 e. The first-order valence-electron chi connectivity index (χ1n) is 12.8. The van der Waals surface area contributed by atoms with Crippen LogP contribution >= 0.6 is 19.9 Å². The summed E-state index contributed by atoms with van der Waals surface area (Å²) in [5.41, 5.74) is 4.46. The molecule has 2 aliphatic rings. The molecule has 0 N–H and O–H groups in total. The molecule has 1 radical (unpaired) electrons. The average Bonchev–Trinajstić information content (AvgIpc) is 2.92. The summed E-state index contributed by atoms with van der Waals surface area (Å²) in [5, 5.41) is 0. The molecule has 2 saturated heterocycles. The standard InChI is InChI=1S/C28H37BO6PS/c1-20-14-25(11-13-33-29-36-37)34-27(15-20)17-26-10-12-32-28(35-26)23-5-3-4-22(16-23)19-31-18-21-6-8-24(30-2)9-7-21/h3-9,16,25-28,36-37H,1,10-15,17-19H2,2H3/t25-,26-,27+,28-/m0/s1. The molecule has 2 fully saturated rings. The van der Waals surface area contributed by atoms with E-state index in [-0.39, 0.29) is 24.6 Å². The molecule has 5 atom stereocenters. The smallest absolute Gasteiger partial charge is 0.332 e. The average molecular weight is 543 g/mol. The van der Waals surface area contributed by atoms with E-state index in [0.717, 1.165) is 54.5 Å². The van der Waals surface area contributed by atoms with E-state index in [9.17, 15) is 0 Å². The third-order valence-electron chi connectivity index (χ3n) is 6.58. The number of ether oxygens (including phenoxy) is 5. The van der Waals surface area contributed by atoms with Crippen LogP contribution in [-0.2, 0) is 36.8 Å². The summed E-state index contributed by atoms with van der Waals surface area (Å²) in [4.78, 5) is 0. The van der Waals surface area contributed by atoms with Crippen LogP contribution in [0.15, 0.2) is 60.7 Å². The Hall–Kier alpha value is -1.38. The monoisotopic (exact) mass is 543 g/mol. The third kappa shape index (κ3) is 9.40. The molecule has 2 heterocycles. The highest BCUT2D eigenvalue weighted by Gasteiger charge is 2.31. The van der Waals surface area contributed by atoms with Gasteiger partial charge in [-0.05, 0) is 55.0 Å². The Labute approximate surface area is 228 Å². The highest BCUT2D eigenvalue weighted by Crippen LogP contribution is 2.33. The van der Waals surface area contributed by atoms with Crippen LogP contribution in [0.25, 0.3) is 0 Å². The van der Waals surface area contributed by atoms with Crippen LogP contribution in [0.3, 0.4) is 0 Å². The van der Waals surface area contributed by atoms with E-state index in [1.165, 1.54) is 5.57 Å². The van der Waals surface area contributed by atoms with Gasteiger partial charge in [-0.1, -0.05) is 50.1 Å². The van der Waals surface area contributed by atoms with Crippen LogP contribution in [-0.4, -0.2) is 45.8 Å². The molecule has 0 aromatic heterocycles. The summed E-state index contributed by atoms with van der Waals surface area (Å²) in [6.07, 6.45) is 4.30. The first-order valence-corrected chi connectivity index (χ1v) is 15.2. The Balaban J connectivity index is 1.25. The highest BCUT2D eigenvalue weighted by molar-refractivity contribution is 8.46. The zero-order chi connectivity index (χ0) is 25.9. The molecule has 199 valence electrons. The number of hydrogen-bond donors (Lipinski definition) is 1. The molecule has 37 heavy (non-hydrogen) atoms. The van der Waals surface area contributed by atoms with Crippen molar-refractivity contribution in [3.63, 3.8) is 0 Å². The molecule has 0 bridgehead atoms. The molecule has 4 rings (SSSR count). The van der Waals surface area contributed by atoms with Crippen LogP contribution < -0.4 is 4.74 Å². The molecular formula is C28H37BO6PS. The van der Waals surface area contributed by atoms with Crippen molar-refractivity contribution >= 4 is 27.1 Å². The molecule has 0 aliphatic carbocycles. The van der Waals surface area contributed by atoms with Crippen molar-refractivity contribution in [3.05, 3.63) is 77.4 Å². The van der Waals surface area contributed by atoms with E-state index < -0.39 is 0 Å². The lowest BCUT2D eigenvalue weighted by molar-refractivity contribution is -0.225. The van der Waals surface area contributed by atoms with Gasteiger partial charge in [0.1, 0.15) is 5.75 Å². The second kappa shape index (κ2) is 15.3. The Morgan fingerprint density at radius 2 is 1.84 bits per heavy atom. The second-order valence-electron chi connectivity index (χ2n) is 9.52. The first kappa shape index (κ1) is 28.6. The molecule has 1 unspecified atom stereocenters. The second-order valence-corrected chi connectivity index (χ2v) is 10.8. The fourth-order valence-electron chi connectivity index (χ4n) is 4.77.